The minimum absolute atomic E-state index is 0.320. The van der Waals surface area contributed by atoms with Crippen molar-refractivity contribution in [1.82, 2.24) is 15.5 Å². The van der Waals surface area contributed by atoms with Crippen molar-refractivity contribution in [2.75, 3.05) is 6.54 Å². The van der Waals surface area contributed by atoms with Gasteiger partial charge >= 0.3 is 6.18 Å². The first-order valence-electron chi connectivity index (χ1n) is 5.71. The molecule has 0 aliphatic heterocycles. The molecule has 0 spiro atoms. The van der Waals surface area contributed by atoms with Crippen molar-refractivity contribution in [2.24, 2.45) is 0 Å². The van der Waals surface area contributed by atoms with E-state index in [0.29, 0.717) is 22.9 Å². The lowest BCUT2D eigenvalue weighted by Gasteiger charge is -2.14. The van der Waals surface area contributed by atoms with Crippen LogP contribution < -0.4 is 5.32 Å². The van der Waals surface area contributed by atoms with Crippen LogP contribution in [0.1, 0.15) is 28.5 Å². The summed E-state index contributed by atoms with van der Waals surface area (Å²) in [6, 6.07) is 8.87. The number of nitrogens with zero attached hydrogens (tertiary/aromatic N) is 2. The van der Waals surface area contributed by atoms with Gasteiger partial charge < -0.3 is 5.32 Å². The molecule has 1 N–H and O–H groups in total. The fourth-order valence-electron chi connectivity index (χ4n) is 1.66. The largest absolute Gasteiger partial charge is 0.445 e. The van der Waals surface area contributed by atoms with Gasteiger partial charge in [0.25, 0.3) is 0 Å². The first-order chi connectivity index (χ1) is 9.02. The average Bonchev–Trinajstić information content (AvgIpc) is 2.86. The summed E-state index contributed by atoms with van der Waals surface area (Å²) in [5.41, 5.74) is 0.870. The van der Waals surface area contributed by atoms with Gasteiger partial charge in [0.05, 0.1) is 6.04 Å². The first-order valence-corrected chi connectivity index (χ1v) is 6.53. The van der Waals surface area contributed by atoms with Crippen molar-refractivity contribution in [3.05, 3.63) is 45.9 Å². The predicted octanol–water partition coefficient (Wildman–Crippen LogP) is 3.26. The molecule has 1 unspecified atom stereocenters. The van der Waals surface area contributed by atoms with Crippen molar-refractivity contribution in [3.8, 4) is 0 Å². The molecule has 0 amide bonds. The Kier molecular flexibility index (Phi) is 4.16. The lowest BCUT2D eigenvalue weighted by atomic mass is 10.1. The third kappa shape index (κ3) is 3.30. The van der Waals surface area contributed by atoms with Crippen molar-refractivity contribution in [1.29, 1.82) is 0 Å². The second-order valence-electron chi connectivity index (χ2n) is 3.84. The van der Waals surface area contributed by atoms with Crippen LogP contribution in [0.4, 0.5) is 13.2 Å². The molecule has 0 aliphatic carbocycles. The van der Waals surface area contributed by atoms with Crippen LogP contribution in [0.15, 0.2) is 30.3 Å². The van der Waals surface area contributed by atoms with E-state index in [2.05, 4.69) is 15.5 Å². The second kappa shape index (κ2) is 5.66. The fourth-order valence-corrected chi connectivity index (χ4v) is 2.48. The Morgan fingerprint density at radius 3 is 2.42 bits per heavy atom. The summed E-state index contributed by atoms with van der Waals surface area (Å²) < 4.78 is 37.6. The number of aromatic nitrogens is 2. The van der Waals surface area contributed by atoms with Crippen LogP contribution in [0.2, 0.25) is 0 Å². The van der Waals surface area contributed by atoms with E-state index >= 15 is 0 Å². The molecule has 7 heteroatoms. The smallest absolute Gasteiger partial charge is 0.304 e. The number of alkyl halides is 3. The topological polar surface area (TPSA) is 37.8 Å². The van der Waals surface area contributed by atoms with E-state index in [0.717, 1.165) is 5.56 Å². The Morgan fingerprint density at radius 1 is 1.21 bits per heavy atom. The van der Waals surface area contributed by atoms with E-state index < -0.39 is 11.2 Å². The number of nitrogens with one attached hydrogen (secondary N) is 1. The van der Waals surface area contributed by atoms with Crippen molar-refractivity contribution in [3.63, 3.8) is 0 Å². The normalized spacial score (nSPS) is 13.5. The summed E-state index contributed by atoms with van der Waals surface area (Å²) in [6.45, 7) is 2.52. The zero-order valence-electron chi connectivity index (χ0n) is 10.1. The van der Waals surface area contributed by atoms with Crippen LogP contribution in [-0.4, -0.2) is 16.7 Å². The van der Waals surface area contributed by atoms with Crippen LogP contribution in [0.25, 0.3) is 0 Å². The van der Waals surface area contributed by atoms with E-state index in [4.69, 9.17) is 0 Å². The van der Waals surface area contributed by atoms with E-state index in [1.807, 2.05) is 37.3 Å². The SMILES string of the molecule is CCNC(c1ccccc1)c1nnc(C(F)(F)F)s1. The van der Waals surface area contributed by atoms with Gasteiger partial charge in [-0.15, -0.1) is 10.2 Å². The maximum Gasteiger partial charge on any atom is 0.445 e. The molecule has 0 saturated carbocycles. The maximum atomic E-state index is 12.5. The molecule has 2 rings (SSSR count). The minimum Gasteiger partial charge on any atom is -0.304 e. The third-order valence-electron chi connectivity index (χ3n) is 2.47. The summed E-state index contributed by atoms with van der Waals surface area (Å²) in [4.78, 5) is 0. The van der Waals surface area contributed by atoms with Gasteiger partial charge in [-0.2, -0.15) is 13.2 Å². The number of halogens is 3. The van der Waals surface area contributed by atoms with Gasteiger partial charge in [0.1, 0.15) is 5.01 Å². The highest BCUT2D eigenvalue weighted by molar-refractivity contribution is 7.11. The van der Waals surface area contributed by atoms with E-state index in [1.165, 1.54) is 0 Å². The predicted molar refractivity (Wildman–Crippen MR) is 66.9 cm³/mol. The molecule has 1 heterocycles. The van der Waals surface area contributed by atoms with Crippen molar-refractivity contribution >= 4 is 11.3 Å². The highest BCUT2D eigenvalue weighted by Crippen LogP contribution is 2.34. The van der Waals surface area contributed by atoms with Gasteiger partial charge in [0, 0.05) is 0 Å². The Hall–Kier alpha value is -1.47. The standard InChI is InChI=1S/C12H12F3N3S/c1-2-16-9(8-6-4-3-5-7-8)10-17-18-11(19-10)12(13,14)15/h3-7,9,16H,2H2,1H3. The Morgan fingerprint density at radius 2 is 1.89 bits per heavy atom. The molecule has 1 aromatic heterocycles. The molecule has 3 nitrogen and oxygen atoms in total. The van der Waals surface area contributed by atoms with Crippen LogP contribution in [-0.2, 0) is 6.18 Å². The molecule has 0 aliphatic rings. The molecule has 0 fully saturated rings. The molecular formula is C12H12F3N3S. The molecule has 0 saturated heterocycles. The molecule has 0 radical (unpaired) electrons. The third-order valence-corrected chi connectivity index (χ3v) is 3.50. The molecule has 2 aromatic rings. The van der Waals surface area contributed by atoms with E-state index in [9.17, 15) is 13.2 Å². The molecule has 102 valence electrons. The number of benzene rings is 1. The average molecular weight is 287 g/mol. The van der Waals surface area contributed by atoms with Gasteiger partial charge in [-0.1, -0.05) is 48.6 Å². The maximum absolute atomic E-state index is 12.5. The fraction of sp³-hybridized carbons (Fsp3) is 0.333. The summed E-state index contributed by atoms with van der Waals surface area (Å²) in [7, 11) is 0. The lowest BCUT2D eigenvalue weighted by molar-refractivity contribution is -0.138. The van der Waals surface area contributed by atoms with Crippen LogP contribution >= 0.6 is 11.3 Å². The first kappa shape index (κ1) is 14.0. The monoisotopic (exact) mass is 287 g/mol. The highest BCUT2D eigenvalue weighted by atomic mass is 32.1. The zero-order valence-corrected chi connectivity index (χ0v) is 10.9. The highest BCUT2D eigenvalue weighted by Gasteiger charge is 2.36. The lowest BCUT2D eigenvalue weighted by Crippen LogP contribution is -2.21. The minimum atomic E-state index is -4.44. The van der Waals surface area contributed by atoms with Gasteiger partial charge in [-0.3, -0.25) is 0 Å². The summed E-state index contributed by atoms with van der Waals surface area (Å²) >= 11 is 0.573. The molecule has 1 atom stereocenters. The van der Waals surface area contributed by atoms with Gasteiger partial charge in [0.2, 0.25) is 5.01 Å². The molecule has 0 bridgehead atoms. The van der Waals surface area contributed by atoms with Crippen molar-refractivity contribution in [2.45, 2.75) is 19.1 Å². The van der Waals surface area contributed by atoms with Crippen LogP contribution in [0.5, 0.6) is 0 Å². The number of hydrogen-bond acceptors (Lipinski definition) is 4. The van der Waals surface area contributed by atoms with Gasteiger partial charge in [-0.05, 0) is 12.1 Å². The van der Waals surface area contributed by atoms with Crippen LogP contribution in [0.3, 0.4) is 0 Å². The van der Waals surface area contributed by atoms with Crippen molar-refractivity contribution < 1.29 is 13.2 Å². The Bertz CT molecular complexity index is 525. The van der Waals surface area contributed by atoms with Gasteiger partial charge in [0.15, 0.2) is 0 Å². The summed E-state index contributed by atoms with van der Waals surface area (Å²) in [5.74, 6) is 0. The second-order valence-corrected chi connectivity index (χ2v) is 4.85. The van der Waals surface area contributed by atoms with Crippen LogP contribution in [0, 0.1) is 0 Å². The molecular weight excluding hydrogens is 275 g/mol. The van der Waals surface area contributed by atoms with Gasteiger partial charge in [-0.25, -0.2) is 0 Å². The van der Waals surface area contributed by atoms with E-state index in [1.54, 1.807) is 0 Å². The number of hydrogen-bond donors (Lipinski definition) is 1. The zero-order chi connectivity index (χ0) is 13.9. The van der Waals surface area contributed by atoms with E-state index in [-0.39, 0.29) is 6.04 Å². The Balaban J connectivity index is 2.32. The Labute approximate surface area is 112 Å². The molecule has 19 heavy (non-hydrogen) atoms. The molecule has 1 aromatic carbocycles. The number of rotatable bonds is 4. The quantitative estimate of drug-likeness (QED) is 0.938. The summed E-state index contributed by atoms with van der Waals surface area (Å²) in [5, 5.41) is 9.41. The summed E-state index contributed by atoms with van der Waals surface area (Å²) in [6.07, 6.45) is -4.44.